The summed E-state index contributed by atoms with van der Waals surface area (Å²) in [6, 6.07) is 10.3. The van der Waals surface area contributed by atoms with Crippen LogP contribution in [-0.4, -0.2) is 9.55 Å². The number of aromatic nitrogens is 2. The molecule has 0 radical (unpaired) electrons. The maximum absolute atomic E-state index is 8.74. The van der Waals surface area contributed by atoms with E-state index in [2.05, 4.69) is 33.9 Å². The van der Waals surface area contributed by atoms with Crippen molar-refractivity contribution >= 4 is 27.4 Å². The minimum atomic E-state index is 0.497. The molecule has 4 nitrogen and oxygen atoms in total. The molecule has 2 aromatic heterocycles. The van der Waals surface area contributed by atoms with Gasteiger partial charge in [0.2, 0.25) is 0 Å². The summed E-state index contributed by atoms with van der Waals surface area (Å²) in [6.45, 7) is 0.691. The number of aryl methyl sites for hydroxylation is 1. The van der Waals surface area contributed by atoms with Crippen molar-refractivity contribution in [3.63, 3.8) is 0 Å². The molecule has 94 valence electrons. The molecule has 0 unspecified atom stereocenters. The van der Waals surface area contributed by atoms with Crippen molar-refractivity contribution in [3.05, 3.63) is 35.8 Å². The Morgan fingerprint density at radius 3 is 2.95 bits per heavy atom. The third kappa shape index (κ3) is 2.07. The van der Waals surface area contributed by atoms with Crippen molar-refractivity contribution in [2.24, 2.45) is 0 Å². The van der Waals surface area contributed by atoms with E-state index < -0.39 is 0 Å². The molecule has 0 aliphatic heterocycles. The Labute approximate surface area is 114 Å². The van der Waals surface area contributed by atoms with E-state index in [1.54, 1.807) is 0 Å². The van der Waals surface area contributed by atoms with Crippen molar-refractivity contribution in [2.45, 2.75) is 13.0 Å². The molecule has 0 spiro atoms. The van der Waals surface area contributed by atoms with E-state index in [-0.39, 0.29) is 0 Å². The van der Waals surface area contributed by atoms with E-state index in [1.807, 2.05) is 17.5 Å². The Hall–Kier alpha value is -2.32. The van der Waals surface area contributed by atoms with Gasteiger partial charge in [-0.15, -0.1) is 11.3 Å². The first-order chi connectivity index (χ1) is 9.29. The number of hydrogen-bond donors (Lipinski definition) is 1. The van der Waals surface area contributed by atoms with Crippen molar-refractivity contribution in [1.29, 1.82) is 5.26 Å². The Bertz CT molecular complexity index is 763. The van der Waals surface area contributed by atoms with Gasteiger partial charge in [-0.05, 0) is 6.07 Å². The van der Waals surface area contributed by atoms with Crippen LogP contribution in [0.25, 0.3) is 22.2 Å². The molecule has 1 aromatic carbocycles. The fourth-order valence-corrected chi connectivity index (χ4v) is 2.78. The van der Waals surface area contributed by atoms with Crippen LogP contribution in [-0.2, 0) is 6.54 Å². The predicted molar refractivity (Wildman–Crippen MR) is 77.7 cm³/mol. The summed E-state index contributed by atoms with van der Waals surface area (Å²) in [6.07, 6.45) is 2.55. The first-order valence-electron chi connectivity index (χ1n) is 5.96. The van der Waals surface area contributed by atoms with Crippen molar-refractivity contribution in [3.8, 4) is 17.3 Å². The van der Waals surface area contributed by atoms with Crippen LogP contribution in [0, 0.1) is 11.3 Å². The molecule has 0 saturated heterocycles. The summed E-state index contributed by atoms with van der Waals surface area (Å²) in [5.74, 6) is 0. The zero-order valence-electron chi connectivity index (χ0n) is 10.2. The van der Waals surface area contributed by atoms with Crippen LogP contribution in [0.2, 0.25) is 0 Å². The molecular formula is C14H12N4S. The first-order valence-corrected chi connectivity index (χ1v) is 6.84. The molecule has 0 bridgehead atoms. The monoisotopic (exact) mass is 268 g/mol. The topological polar surface area (TPSA) is 67.6 Å². The quantitative estimate of drug-likeness (QED) is 0.792. The van der Waals surface area contributed by atoms with Gasteiger partial charge in [0.05, 0.1) is 18.2 Å². The lowest BCUT2D eigenvalue weighted by molar-refractivity contribution is 0.745. The standard InChI is InChI=1S/C14H12N4S/c15-6-3-7-18-8-11(12-9-19-14(16)17-12)10-4-1-2-5-13(10)18/h1-2,4-5,8-9H,3,7H2,(H2,16,17). The SMILES string of the molecule is N#CCCn1cc(-c2csc(N)n2)c2ccccc21. The lowest BCUT2D eigenvalue weighted by Gasteiger charge is -2.00. The minimum absolute atomic E-state index is 0.497. The van der Waals surface area contributed by atoms with E-state index in [4.69, 9.17) is 11.0 Å². The average molecular weight is 268 g/mol. The van der Waals surface area contributed by atoms with Gasteiger partial charge in [-0.25, -0.2) is 4.98 Å². The van der Waals surface area contributed by atoms with E-state index in [0.717, 1.165) is 22.2 Å². The minimum Gasteiger partial charge on any atom is -0.375 e. The third-order valence-corrected chi connectivity index (χ3v) is 3.72. The number of nitrogens with zero attached hydrogens (tertiary/aromatic N) is 3. The summed E-state index contributed by atoms with van der Waals surface area (Å²) < 4.78 is 2.10. The number of nitriles is 1. The van der Waals surface area contributed by atoms with Crippen molar-refractivity contribution in [1.82, 2.24) is 9.55 Å². The average Bonchev–Trinajstić information content (AvgIpc) is 3.00. The number of nitrogen functional groups attached to an aromatic ring is 1. The Balaban J connectivity index is 2.17. The number of nitrogens with two attached hydrogens (primary N) is 1. The number of benzene rings is 1. The molecule has 5 heteroatoms. The summed E-state index contributed by atoms with van der Waals surface area (Å²) in [7, 11) is 0. The number of para-hydroxylation sites is 1. The highest BCUT2D eigenvalue weighted by Gasteiger charge is 2.11. The van der Waals surface area contributed by atoms with Gasteiger partial charge in [-0.2, -0.15) is 5.26 Å². The van der Waals surface area contributed by atoms with Gasteiger partial charge in [-0.1, -0.05) is 18.2 Å². The third-order valence-electron chi connectivity index (χ3n) is 3.05. The summed E-state index contributed by atoms with van der Waals surface area (Å²) in [5.41, 5.74) is 8.80. The fourth-order valence-electron chi connectivity index (χ4n) is 2.22. The van der Waals surface area contributed by atoms with Gasteiger partial charge < -0.3 is 10.3 Å². The molecule has 3 rings (SSSR count). The number of fused-ring (bicyclic) bond motifs is 1. The highest BCUT2D eigenvalue weighted by Crippen LogP contribution is 2.31. The summed E-state index contributed by atoms with van der Waals surface area (Å²) in [5, 5.41) is 12.4. The maximum Gasteiger partial charge on any atom is 0.180 e. The van der Waals surface area contributed by atoms with Crippen LogP contribution < -0.4 is 5.73 Å². The maximum atomic E-state index is 8.74. The van der Waals surface area contributed by atoms with Crippen LogP contribution in [0.4, 0.5) is 5.13 Å². The van der Waals surface area contributed by atoms with Gasteiger partial charge in [0.25, 0.3) is 0 Å². The predicted octanol–water partition coefficient (Wildman–Crippen LogP) is 3.26. The Kier molecular flexibility index (Phi) is 2.94. The number of hydrogen-bond acceptors (Lipinski definition) is 4. The molecular weight excluding hydrogens is 256 g/mol. The Morgan fingerprint density at radius 1 is 1.37 bits per heavy atom. The van der Waals surface area contributed by atoms with Gasteiger partial charge in [0.1, 0.15) is 0 Å². The van der Waals surface area contributed by atoms with Crippen LogP contribution in [0.3, 0.4) is 0 Å². The van der Waals surface area contributed by atoms with Gasteiger partial charge in [0.15, 0.2) is 5.13 Å². The number of rotatable bonds is 3. The highest BCUT2D eigenvalue weighted by molar-refractivity contribution is 7.13. The van der Waals surface area contributed by atoms with Crippen LogP contribution >= 0.6 is 11.3 Å². The van der Waals surface area contributed by atoms with E-state index in [9.17, 15) is 0 Å². The second kappa shape index (κ2) is 4.75. The lowest BCUT2D eigenvalue weighted by atomic mass is 10.1. The second-order valence-electron chi connectivity index (χ2n) is 4.23. The molecule has 2 N–H and O–H groups in total. The zero-order valence-corrected chi connectivity index (χ0v) is 11.0. The highest BCUT2D eigenvalue weighted by atomic mass is 32.1. The first kappa shape index (κ1) is 11.8. The van der Waals surface area contributed by atoms with Crippen LogP contribution in [0.1, 0.15) is 6.42 Å². The van der Waals surface area contributed by atoms with Crippen molar-refractivity contribution < 1.29 is 0 Å². The van der Waals surface area contributed by atoms with E-state index >= 15 is 0 Å². The number of anilines is 1. The van der Waals surface area contributed by atoms with E-state index in [1.165, 1.54) is 11.3 Å². The van der Waals surface area contributed by atoms with Crippen LogP contribution in [0.5, 0.6) is 0 Å². The Morgan fingerprint density at radius 2 is 2.21 bits per heavy atom. The van der Waals surface area contributed by atoms with Crippen molar-refractivity contribution in [2.75, 3.05) is 5.73 Å². The fraction of sp³-hybridized carbons (Fsp3) is 0.143. The van der Waals surface area contributed by atoms with Crippen LogP contribution in [0.15, 0.2) is 35.8 Å². The normalized spacial score (nSPS) is 10.7. The molecule has 0 atom stereocenters. The molecule has 2 heterocycles. The smallest absolute Gasteiger partial charge is 0.180 e. The zero-order chi connectivity index (χ0) is 13.2. The second-order valence-corrected chi connectivity index (χ2v) is 5.12. The molecule has 0 fully saturated rings. The largest absolute Gasteiger partial charge is 0.375 e. The summed E-state index contributed by atoms with van der Waals surface area (Å²) >= 11 is 1.44. The number of thiazole rings is 1. The van der Waals surface area contributed by atoms with Gasteiger partial charge in [0, 0.05) is 34.6 Å². The molecule has 0 saturated carbocycles. The molecule has 0 aliphatic rings. The molecule has 3 aromatic rings. The van der Waals surface area contributed by atoms with Gasteiger partial charge in [-0.3, -0.25) is 0 Å². The molecule has 19 heavy (non-hydrogen) atoms. The molecule has 0 amide bonds. The lowest BCUT2D eigenvalue weighted by Crippen LogP contribution is -1.94. The summed E-state index contributed by atoms with van der Waals surface area (Å²) in [4.78, 5) is 4.34. The van der Waals surface area contributed by atoms with Gasteiger partial charge >= 0.3 is 0 Å². The van der Waals surface area contributed by atoms with E-state index in [0.29, 0.717) is 18.1 Å². The molecule has 0 aliphatic carbocycles.